The summed E-state index contributed by atoms with van der Waals surface area (Å²) in [7, 11) is 0. The van der Waals surface area contributed by atoms with E-state index in [9.17, 15) is 14.4 Å². The van der Waals surface area contributed by atoms with Crippen LogP contribution in [0.3, 0.4) is 0 Å². The Morgan fingerprint density at radius 1 is 1.11 bits per heavy atom. The highest BCUT2D eigenvalue weighted by Crippen LogP contribution is 2.29. The summed E-state index contributed by atoms with van der Waals surface area (Å²) < 4.78 is 10.4. The van der Waals surface area contributed by atoms with Gasteiger partial charge in [-0.25, -0.2) is 4.79 Å². The molecule has 0 aliphatic heterocycles. The smallest absolute Gasteiger partial charge is 0.355 e. The predicted octanol–water partition coefficient (Wildman–Crippen LogP) is 3.39. The summed E-state index contributed by atoms with van der Waals surface area (Å²) in [5, 5.41) is 0. The number of carbonyl (C=O) groups excluding carboxylic acids is 3. The van der Waals surface area contributed by atoms with Crippen molar-refractivity contribution in [1.29, 1.82) is 0 Å². The van der Waals surface area contributed by atoms with Crippen molar-refractivity contribution in [1.82, 2.24) is 4.98 Å². The summed E-state index contributed by atoms with van der Waals surface area (Å²) in [4.78, 5) is 39.9. The lowest BCUT2D eigenvalue weighted by Crippen LogP contribution is -2.14. The van der Waals surface area contributed by atoms with E-state index in [4.69, 9.17) is 9.47 Å². The molecule has 1 heterocycles. The van der Waals surface area contributed by atoms with Crippen molar-refractivity contribution in [3.05, 3.63) is 58.4 Å². The highest BCUT2D eigenvalue weighted by Gasteiger charge is 2.29. The zero-order valence-electron chi connectivity index (χ0n) is 15.4. The molecule has 0 fully saturated rings. The molecule has 6 heteroatoms. The summed E-state index contributed by atoms with van der Waals surface area (Å²) in [5.41, 5.74) is 3.04. The van der Waals surface area contributed by atoms with Crippen molar-refractivity contribution in [2.75, 3.05) is 6.61 Å². The second kappa shape index (κ2) is 8.66. The molecule has 1 aromatic carbocycles. The van der Waals surface area contributed by atoms with Gasteiger partial charge in [0.05, 0.1) is 6.61 Å². The van der Waals surface area contributed by atoms with Gasteiger partial charge in [0, 0.05) is 24.1 Å². The van der Waals surface area contributed by atoms with Gasteiger partial charge in [-0.05, 0) is 37.3 Å². The zero-order chi connectivity index (χ0) is 19.2. The molecular formula is C21H23NO5. The Bertz CT molecular complexity index is 838. The Morgan fingerprint density at radius 2 is 1.89 bits per heavy atom. The van der Waals surface area contributed by atoms with E-state index < -0.39 is 5.97 Å². The number of aromatic nitrogens is 1. The minimum atomic E-state index is -0.514. The highest BCUT2D eigenvalue weighted by molar-refractivity contribution is 6.03. The normalized spacial score (nSPS) is 13.1. The van der Waals surface area contributed by atoms with Crippen molar-refractivity contribution in [2.45, 2.75) is 45.6 Å². The lowest BCUT2D eigenvalue weighted by atomic mass is 9.91. The topological polar surface area (TPSA) is 85.5 Å². The van der Waals surface area contributed by atoms with E-state index in [1.165, 1.54) is 0 Å². The predicted molar refractivity (Wildman–Crippen MR) is 98.6 cm³/mol. The molecular weight excluding hydrogens is 346 g/mol. The second-order valence-electron chi connectivity index (χ2n) is 6.48. The Kier molecular flexibility index (Phi) is 6.06. The average molecular weight is 369 g/mol. The van der Waals surface area contributed by atoms with Crippen LogP contribution in [0.5, 0.6) is 0 Å². The van der Waals surface area contributed by atoms with Crippen molar-refractivity contribution < 1.29 is 23.9 Å². The maximum atomic E-state index is 12.7. The fourth-order valence-corrected chi connectivity index (χ4v) is 3.35. The van der Waals surface area contributed by atoms with Crippen LogP contribution in [-0.2, 0) is 33.7 Å². The van der Waals surface area contributed by atoms with Crippen LogP contribution in [0.2, 0.25) is 0 Å². The number of nitrogens with one attached hydrogen (secondary N) is 1. The van der Waals surface area contributed by atoms with E-state index in [0.717, 1.165) is 17.7 Å². The van der Waals surface area contributed by atoms with Gasteiger partial charge in [0.1, 0.15) is 12.3 Å². The number of carbonyl (C=O) groups is 3. The van der Waals surface area contributed by atoms with Crippen LogP contribution >= 0.6 is 0 Å². The number of hydrogen-bond acceptors (Lipinski definition) is 5. The molecule has 0 saturated carbocycles. The lowest BCUT2D eigenvalue weighted by molar-refractivity contribution is -0.143. The van der Waals surface area contributed by atoms with Crippen LogP contribution in [0.4, 0.5) is 0 Å². The Morgan fingerprint density at radius 3 is 2.63 bits per heavy atom. The average Bonchev–Trinajstić information content (AvgIpc) is 3.05. The minimum Gasteiger partial charge on any atom is -0.466 e. The lowest BCUT2D eigenvalue weighted by Gasteiger charge is -2.11. The molecule has 0 saturated heterocycles. The maximum absolute atomic E-state index is 12.7. The van der Waals surface area contributed by atoms with E-state index in [1.807, 2.05) is 30.3 Å². The number of ether oxygens (including phenoxy) is 2. The number of benzene rings is 1. The van der Waals surface area contributed by atoms with Crippen LogP contribution in [0.15, 0.2) is 30.3 Å². The molecule has 6 nitrogen and oxygen atoms in total. The van der Waals surface area contributed by atoms with Gasteiger partial charge in [-0.2, -0.15) is 0 Å². The van der Waals surface area contributed by atoms with E-state index in [-0.39, 0.29) is 36.9 Å². The molecule has 0 spiro atoms. The summed E-state index contributed by atoms with van der Waals surface area (Å²) >= 11 is 0. The standard InChI is InChI=1S/C21H23NO5/c1-2-26-18(24)12-11-15-19-16(9-6-10-17(19)23)22-20(15)21(25)27-13-14-7-4-3-5-8-14/h3-5,7-8,22H,2,6,9-13H2,1H3. The van der Waals surface area contributed by atoms with Gasteiger partial charge in [0.2, 0.25) is 0 Å². The number of rotatable bonds is 7. The van der Waals surface area contributed by atoms with E-state index >= 15 is 0 Å². The number of aromatic amines is 1. The molecule has 27 heavy (non-hydrogen) atoms. The van der Waals surface area contributed by atoms with Gasteiger partial charge >= 0.3 is 11.9 Å². The van der Waals surface area contributed by atoms with Gasteiger partial charge in [0.15, 0.2) is 5.78 Å². The van der Waals surface area contributed by atoms with E-state index in [2.05, 4.69) is 4.98 Å². The van der Waals surface area contributed by atoms with Crippen LogP contribution in [0.1, 0.15) is 63.9 Å². The van der Waals surface area contributed by atoms with Crippen molar-refractivity contribution in [3.63, 3.8) is 0 Å². The largest absolute Gasteiger partial charge is 0.466 e. The van der Waals surface area contributed by atoms with Crippen LogP contribution in [0.25, 0.3) is 0 Å². The van der Waals surface area contributed by atoms with Crippen LogP contribution in [-0.4, -0.2) is 29.3 Å². The highest BCUT2D eigenvalue weighted by atomic mass is 16.5. The van der Waals surface area contributed by atoms with E-state index in [1.54, 1.807) is 6.92 Å². The van der Waals surface area contributed by atoms with Gasteiger partial charge in [0.25, 0.3) is 0 Å². The second-order valence-corrected chi connectivity index (χ2v) is 6.48. The first-order valence-electron chi connectivity index (χ1n) is 9.23. The number of Topliss-reactive ketones (excluding diaryl/α,β-unsaturated/α-hetero) is 1. The SMILES string of the molecule is CCOC(=O)CCc1c(C(=O)OCc2ccccc2)[nH]c2c1C(=O)CCC2. The molecule has 0 bridgehead atoms. The molecule has 1 aromatic heterocycles. The third-order valence-corrected chi connectivity index (χ3v) is 4.59. The maximum Gasteiger partial charge on any atom is 0.355 e. The molecule has 1 aliphatic rings. The molecule has 3 rings (SSSR count). The summed E-state index contributed by atoms with van der Waals surface area (Å²) in [6.45, 7) is 2.19. The third kappa shape index (κ3) is 4.45. The first kappa shape index (κ1) is 18.9. The van der Waals surface area contributed by atoms with Crippen LogP contribution in [0, 0.1) is 0 Å². The van der Waals surface area contributed by atoms with Crippen LogP contribution < -0.4 is 0 Å². The fourth-order valence-electron chi connectivity index (χ4n) is 3.35. The third-order valence-electron chi connectivity index (χ3n) is 4.59. The van der Waals surface area contributed by atoms with E-state index in [0.29, 0.717) is 30.6 Å². The molecule has 0 amide bonds. The Hall–Kier alpha value is -2.89. The van der Waals surface area contributed by atoms with Crippen molar-refractivity contribution in [2.24, 2.45) is 0 Å². The zero-order valence-corrected chi connectivity index (χ0v) is 15.4. The molecule has 0 atom stereocenters. The van der Waals surface area contributed by atoms with Gasteiger partial charge in [-0.3, -0.25) is 9.59 Å². The monoisotopic (exact) mass is 369 g/mol. The Balaban J connectivity index is 1.81. The first-order valence-corrected chi connectivity index (χ1v) is 9.23. The first-order chi connectivity index (χ1) is 13.1. The Labute approximate surface area is 157 Å². The fraction of sp³-hybridized carbons (Fsp3) is 0.381. The quantitative estimate of drug-likeness (QED) is 0.756. The summed E-state index contributed by atoms with van der Waals surface area (Å²) in [6.07, 6.45) is 2.30. The molecule has 2 aromatic rings. The van der Waals surface area contributed by atoms with Gasteiger partial charge in [-0.15, -0.1) is 0 Å². The number of hydrogen-bond donors (Lipinski definition) is 1. The van der Waals surface area contributed by atoms with Crippen molar-refractivity contribution >= 4 is 17.7 Å². The van der Waals surface area contributed by atoms with Gasteiger partial charge in [-0.1, -0.05) is 30.3 Å². The number of H-pyrrole nitrogens is 1. The van der Waals surface area contributed by atoms with Gasteiger partial charge < -0.3 is 14.5 Å². The molecule has 1 aliphatic carbocycles. The summed E-state index contributed by atoms with van der Waals surface area (Å²) in [6, 6.07) is 9.39. The molecule has 0 unspecified atom stereocenters. The minimum absolute atomic E-state index is 0.00784. The molecule has 142 valence electrons. The number of esters is 2. The molecule has 1 N–H and O–H groups in total. The van der Waals surface area contributed by atoms with Crippen molar-refractivity contribution in [3.8, 4) is 0 Å². The number of aryl methyl sites for hydroxylation is 1. The number of fused-ring (bicyclic) bond motifs is 1. The molecule has 0 radical (unpaired) electrons. The summed E-state index contributed by atoms with van der Waals surface area (Å²) in [5.74, 6) is -0.854. The number of ketones is 1.